The maximum Gasteiger partial charge on any atom is 0.160 e. The second kappa shape index (κ2) is 11.0. The Balaban J connectivity index is 1.12. The molecule has 3 heteroatoms. The highest BCUT2D eigenvalue weighted by atomic mass is 16.3. The summed E-state index contributed by atoms with van der Waals surface area (Å²) in [5.74, 6) is 0.706. The summed E-state index contributed by atoms with van der Waals surface area (Å²) in [5, 5.41) is 9.36. The van der Waals surface area contributed by atoms with E-state index < -0.39 is 0 Å². The molecule has 10 aromatic rings. The van der Waals surface area contributed by atoms with E-state index in [1.54, 1.807) is 0 Å². The molecule has 2 aromatic heterocycles. The molecule has 0 amide bonds. The number of fused-ring (bicyclic) bond motifs is 7. The third-order valence-electron chi connectivity index (χ3n) is 9.61. The summed E-state index contributed by atoms with van der Waals surface area (Å²) in [6.07, 6.45) is 0. The zero-order valence-electron chi connectivity index (χ0n) is 26.5. The fraction of sp³-hybridized carbons (Fsp3) is 0. The van der Waals surface area contributed by atoms with Crippen LogP contribution >= 0.6 is 0 Å². The molecule has 10 rings (SSSR count). The van der Waals surface area contributed by atoms with Gasteiger partial charge < -0.3 is 4.42 Å². The maximum absolute atomic E-state index is 6.72. The van der Waals surface area contributed by atoms with Crippen molar-refractivity contribution in [2.75, 3.05) is 0 Å². The molecule has 3 nitrogen and oxygen atoms in total. The van der Waals surface area contributed by atoms with Crippen LogP contribution in [-0.4, -0.2) is 9.97 Å². The lowest BCUT2D eigenvalue weighted by atomic mass is 9.94. The smallest absolute Gasteiger partial charge is 0.160 e. The summed E-state index contributed by atoms with van der Waals surface area (Å²) < 4.78 is 6.72. The normalized spacial score (nSPS) is 11.7. The van der Waals surface area contributed by atoms with E-state index >= 15 is 0 Å². The minimum absolute atomic E-state index is 0.706. The average Bonchev–Trinajstić information content (AvgIpc) is 3.55. The van der Waals surface area contributed by atoms with Crippen molar-refractivity contribution >= 4 is 54.3 Å². The van der Waals surface area contributed by atoms with Gasteiger partial charge in [-0.2, -0.15) is 0 Å². The Bertz CT molecular complexity index is 2810. The van der Waals surface area contributed by atoms with Crippen LogP contribution in [0, 0.1) is 0 Å². The Labute approximate surface area is 282 Å². The summed E-state index contributed by atoms with van der Waals surface area (Å²) in [4.78, 5) is 10.1. The minimum Gasteiger partial charge on any atom is -0.455 e. The molecule has 0 saturated carbocycles. The predicted molar refractivity (Wildman–Crippen MR) is 204 cm³/mol. The van der Waals surface area contributed by atoms with Gasteiger partial charge in [-0.1, -0.05) is 133 Å². The van der Waals surface area contributed by atoms with E-state index in [1.807, 2.05) is 36.4 Å². The topological polar surface area (TPSA) is 38.9 Å². The number of hydrogen-bond acceptors (Lipinski definition) is 3. The molecular weight excluding hydrogens is 597 g/mol. The van der Waals surface area contributed by atoms with E-state index in [-0.39, 0.29) is 0 Å². The zero-order chi connectivity index (χ0) is 32.3. The van der Waals surface area contributed by atoms with E-state index in [9.17, 15) is 0 Å². The lowest BCUT2D eigenvalue weighted by Gasteiger charge is -2.11. The second-order valence-electron chi connectivity index (χ2n) is 12.6. The van der Waals surface area contributed by atoms with Crippen LogP contribution in [0.3, 0.4) is 0 Å². The summed E-state index contributed by atoms with van der Waals surface area (Å²) >= 11 is 0. The van der Waals surface area contributed by atoms with Crippen molar-refractivity contribution in [1.29, 1.82) is 0 Å². The van der Waals surface area contributed by atoms with Crippen molar-refractivity contribution in [1.82, 2.24) is 9.97 Å². The number of furan rings is 1. The number of aromatic nitrogens is 2. The average molecular weight is 625 g/mol. The van der Waals surface area contributed by atoms with Crippen molar-refractivity contribution < 1.29 is 4.42 Å². The quantitative estimate of drug-likeness (QED) is 0.196. The fourth-order valence-corrected chi connectivity index (χ4v) is 7.17. The Morgan fingerprint density at radius 3 is 1.61 bits per heavy atom. The van der Waals surface area contributed by atoms with Gasteiger partial charge in [-0.3, -0.25) is 0 Å². The summed E-state index contributed by atoms with van der Waals surface area (Å²) in [7, 11) is 0. The van der Waals surface area contributed by atoms with Gasteiger partial charge in [0.25, 0.3) is 0 Å². The SMILES string of the molecule is c1ccc(-c2cc(-c3ccccc3)nc(-c3ccc4cc(-c5cc6ccccc6c6c5oc5cc7ccccc7cc56)ccc4c3)n2)cc1. The van der Waals surface area contributed by atoms with Crippen LogP contribution in [0.1, 0.15) is 0 Å². The van der Waals surface area contributed by atoms with E-state index in [1.165, 1.54) is 21.5 Å². The lowest BCUT2D eigenvalue weighted by molar-refractivity contribution is 0.671. The summed E-state index contributed by atoms with van der Waals surface area (Å²) in [5.41, 5.74) is 8.94. The zero-order valence-corrected chi connectivity index (χ0v) is 26.5. The molecule has 0 unspecified atom stereocenters. The predicted octanol–water partition coefficient (Wildman–Crippen LogP) is 12.5. The molecule has 0 saturated heterocycles. The van der Waals surface area contributed by atoms with Gasteiger partial charge in [-0.15, -0.1) is 0 Å². The van der Waals surface area contributed by atoms with Gasteiger partial charge in [-0.05, 0) is 74.3 Å². The summed E-state index contributed by atoms with van der Waals surface area (Å²) in [6, 6.07) is 59.7. The van der Waals surface area contributed by atoms with Gasteiger partial charge in [-0.25, -0.2) is 9.97 Å². The first kappa shape index (κ1) is 27.5. The van der Waals surface area contributed by atoms with Gasteiger partial charge in [0.2, 0.25) is 0 Å². The van der Waals surface area contributed by atoms with E-state index in [0.717, 1.165) is 71.9 Å². The molecule has 0 bridgehead atoms. The number of benzene rings is 8. The molecule has 0 aliphatic carbocycles. The van der Waals surface area contributed by atoms with Crippen LogP contribution in [0.5, 0.6) is 0 Å². The van der Waals surface area contributed by atoms with Crippen LogP contribution in [0.15, 0.2) is 174 Å². The molecule has 0 spiro atoms. The van der Waals surface area contributed by atoms with Gasteiger partial charge in [0.15, 0.2) is 5.82 Å². The molecule has 0 fully saturated rings. The Kier molecular flexibility index (Phi) is 6.18. The van der Waals surface area contributed by atoms with Crippen molar-refractivity contribution in [3.63, 3.8) is 0 Å². The van der Waals surface area contributed by atoms with E-state index in [2.05, 4.69) is 133 Å². The monoisotopic (exact) mass is 624 g/mol. The molecule has 8 aromatic carbocycles. The highest BCUT2D eigenvalue weighted by molar-refractivity contribution is 6.24. The third kappa shape index (κ3) is 4.67. The molecule has 0 N–H and O–H groups in total. The first-order valence-corrected chi connectivity index (χ1v) is 16.6. The van der Waals surface area contributed by atoms with Crippen molar-refractivity contribution in [2.45, 2.75) is 0 Å². The molecule has 49 heavy (non-hydrogen) atoms. The fourth-order valence-electron chi connectivity index (χ4n) is 7.17. The van der Waals surface area contributed by atoms with Crippen LogP contribution in [0.4, 0.5) is 0 Å². The highest BCUT2D eigenvalue weighted by Crippen LogP contribution is 2.42. The Morgan fingerprint density at radius 2 is 0.918 bits per heavy atom. The molecule has 228 valence electrons. The molecule has 0 atom stereocenters. The van der Waals surface area contributed by atoms with E-state index in [0.29, 0.717) is 5.82 Å². The van der Waals surface area contributed by atoms with E-state index in [4.69, 9.17) is 14.4 Å². The van der Waals surface area contributed by atoms with Gasteiger partial charge in [0.1, 0.15) is 11.2 Å². The second-order valence-corrected chi connectivity index (χ2v) is 12.6. The van der Waals surface area contributed by atoms with Gasteiger partial charge in [0.05, 0.1) is 11.4 Å². The summed E-state index contributed by atoms with van der Waals surface area (Å²) in [6.45, 7) is 0. The number of hydrogen-bond donors (Lipinski definition) is 0. The Morgan fingerprint density at radius 1 is 0.367 bits per heavy atom. The van der Waals surface area contributed by atoms with Crippen molar-refractivity contribution in [3.8, 4) is 45.0 Å². The number of rotatable bonds is 4. The molecule has 0 aliphatic rings. The molecule has 0 radical (unpaired) electrons. The highest BCUT2D eigenvalue weighted by Gasteiger charge is 2.18. The number of nitrogens with zero attached hydrogens (tertiary/aromatic N) is 2. The van der Waals surface area contributed by atoms with Crippen molar-refractivity contribution in [2.24, 2.45) is 0 Å². The third-order valence-corrected chi connectivity index (χ3v) is 9.61. The molecule has 0 aliphatic heterocycles. The van der Waals surface area contributed by atoms with Crippen LogP contribution in [0.2, 0.25) is 0 Å². The first-order chi connectivity index (χ1) is 24.2. The Hall–Kier alpha value is -6.58. The van der Waals surface area contributed by atoms with Crippen molar-refractivity contribution in [3.05, 3.63) is 170 Å². The van der Waals surface area contributed by atoms with Crippen LogP contribution in [0.25, 0.3) is 99.3 Å². The molecule has 2 heterocycles. The minimum atomic E-state index is 0.706. The van der Waals surface area contributed by atoms with Gasteiger partial charge in [0, 0.05) is 33.0 Å². The standard InChI is InChI=1S/C46H28N2O/c1-3-11-29(12-4-1)41-28-42(30-13-5-2-6-14-30)48-46(47-41)37-22-20-33-23-36(21-19-34(33)24-37)39-26-35-17-9-10-18-38(35)44-40-25-31-15-7-8-16-32(31)27-43(40)49-45(39)44/h1-28H. The van der Waals surface area contributed by atoms with Crippen LogP contribution < -0.4 is 0 Å². The molecular formula is C46H28N2O. The van der Waals surface area contributed by atoms with Gasteiger partial charge >= 0.3 is 0 Å². The van der Waals surface area contributed by atoms with Crippen LogP contribution in [-0.2, 0) is 0 Å². The maximum atomic E-state index is 6.72. The largest absolute Gasteiger partial charge is 0.455 e. The lowest BCUT2D eigenvalue weighted by Crippen LogP contribution is -1.96. The first-order valence-electron chi connectivity index (χ1n) is 16.6.